The normalized spacial score (nSPS) is 18.4. The van der Waals surface area contributed by atoms with Gasteiger partial charge in [0.2, 0.25) is 0 Å². The van der Waals surface area contributed by atoms with Gasteiger partial charge >= 0.3 is 0 Å². The van der Waals surface area contributed by atoms with Crippen LogP contribution in [0.25, 0.3) is 10.9 Å². The molecular formula is C28H34F2N4O3. The average Bonchev–Trinajstić information content (AvgIpc) is 2.89. The number of halogens is 2. The molecule has 1 aromatic heterocycles. The van der Waals surface area contributed by atoms with E-state index in [0.717, 1.165) is 29.8 Å². The van der Waals surface area contributed by atoms with E-state index in [-0.39, 0.29) is 23.6 Å². The highest BCUT2D eigenvalue weighted by Crippen LogP contribution is 2.35. The maximum absolute atomic E-state index is 14.4. The molecule has 198 valence electrons. The van der Waals surface area contributed by atoms with Crippen molar-refractivity contribution in [2.45, 2.75) is 57.6 Å². The number of hydrogen-bond acceptors (Lipinski definition) is 6. The number of hydrogen-bond donors (Lipinski definition) is 2. The van der Waals surface area contributed by atoms with E-state index in [2.05, 4.69) is 5.32 Å². The Morgan fingerprint density at radius 2 is 1.76 bits per heavy atom. The molecule has 0 aliphatic carbocycles. The van der Waals surface area contributed by atoms with Crippen LogP contribution in [0.2, 0.25) is 0 Å². The Bertz CT molecular complexity index is 1360. The summed E-state index contributed by atoms with van der Waals surface area (Å²) >= 11 is 0. The topological polar surface area (TPSA) is 79.6 Å². The van der Waals surface area contributed by atoms with Gasteiger partial charge in [0.15, 0.2) is 11.6 Å². The average molecular weight is 513 g/mol. The molecule has 2 aromatic carbocycles. The van der Waals surface area contributed by atoms with Crippen molar-refractivity contribution in [3.63, 3.8) is 0 Å². The van der Waals surface area contributed by atoms with Crippen molar-refractivity contribution in [1.29, 1.82) is 0 Å². The van der Waals surface area contributed by atoms with E-state index in [4.69, 9.17) is 9.72 Å². The first kappa shape index (κ1) is 25.6. The van der Waals surface area contributed by atoms with E-state index in [1.54, 1.807) is 11.6 Å². The van der Waals surface area contributed by atoms with Crippen LogP contribution in [0.3, 0.4) is 0 Å². The minimum Gasteiger partial charge on any atom is -0.393 e. The summed E-state index contributed by atoms with van der Waals surface area (Å²) < 4.78 is 35.8. The minimum atomic E-state index is -0.932. The number of nitrogens with one attached hydrogen (secondary N) is 1. The van der Waals surface area contributed by atoms with E-state index in [1.165, 1.54) is 12.1 Å². The maximum atomic E-state index is 14.4. The van der Waals surface area contributed by atoms with Crippen LogP contribution in [-0.2, 0) is 11.8 Å². The van der Waals surface area contributed by atoms with Crippen LogP contribution >= 0.6 is 0 Å². The van der Waals surface area contributed by atoms with Crippen LogP contribution in [0.4, 0.5) is 20.2 Å². The lowest BCUT2D eigenvalue weighted by Gasteiger charge is -2.33. The zero-order valence-electron chi connectivity index (χ0n) is 21.6. The van der Waals surface area contributed by atoms with E-state index in [1.807, 2.05) is 30.9 Å². The molecule has 0 spiro atoms. The van der Waals surface area contributed by atoms with Gasteiger partial charge in [0.05, 0.1) is 34.4 Å². The molecule has 2 saturated heterocycles. The molecular weight excluding hydrogens is 478 g/mol. The molecule has 2 aliphatic rings. The summed E-state index contributed by atoms with van der Waals surface area (Å²) in [6, 6.07) is 5.91. The number of ether oxygens (including phenoxy) is 1. The standard InChI is InChI=1S/C28H34F2N4O3/c1-16-12-20(26-21(13-16)28(36)33(3)27(32-26)18-6-10-37-11-7-18)17(2)31-24-14-22(29)23(30)15-25(24)34-8-4-19(35)5-9-34/h12-15,17-19,31,35H,4-11H2,1-3H3/t17-/m1/s1. The summed E-state index contributed by atoms with van der Waals surface area (Å²) in [4.78, 5) is 20.4. The van der Waals surface area contributed by atoms with Crippen molar-refractivity contribution >= 4 is 22.3 Å². The first-order valence-electron chi connectivity index (χ1n) is 13.0. The summed E-state index contributed by atoms with van der Waals surface area (Å²) in [5, 5.41) is 13.8. The molecule has 0 radical (unpaired) electrons. The molecule has 0 saturated carbocycles. The molecule has 0 bridgehead atoms. The van der Waals surface area contributed by atoms with Crippen LogP contribution in [0, 0.1) is 18.6 Å². The van der Waals surface area contributed by atoms with Crippen LogP contribution in [0.5, 0.6) is 0 Å². The Kier molecular flexibility index (Phi) is 7.18. The van der Waals surface area contributed by atoms with Crippen LogP contribution in [0.15, 0.2) is 29.1 Å². The van der Waals surface area contributed by atoms with Crippen LogP contribution in [-0.4, -0.2) is 47.1 Å². The SMILES string of the molecule is Cc1cc([C@@H](C)Nc2cc(F)c(F)cc2N2CCC(O)CC2)c2nc(C3CCOCC3)n(C)c(=O)c2c1. The van der Waals surface area contributed by atoms with Gasteiger partial charge in [0, 0.05) is 57.0 Å². The van der Waals surface area contributed by atoms with Gasteiger partial charge in [-0.2, -0.15) is 0 Å². The predicted molar refractivity (Wildman–Crippen MR) is 140 cm³/mol. The van der Waals surface area contributed by atoms with Gasteiger partial charge in [-0.1, -0.05) is 6.07 Å². The van der Waals surface area contributed by atoms with Gasteiger partial charge in [0.1, 0.15) is 5.82 Å². The lowest BCUT2D eigenvalue weighted by atomic mass is 9.97. The third kappa shape index (κ3) is 5.07. The number of nitrogens with zero attached hydrogens (tertiary/aromatic N) is 3. The third-order valence-corrected chi connectivity index (χ3v) is 7.66. The Hall–Kier alpha value is -3.04. The predicted octanol–water partition coefficient (Wildman–Crippen LogP) is 4.55. The fourth-order valence-corrected chi connectivity index (χ4v) is 5.55. The summed E-state index contributed by atoms with van der Waals surface area (Å²) in [7, 11) is 1.77. The first-order valence-corrected chi connectivity index (χ1v) is 13.0. The van der Waals surface area contributed by atoms with Crippen molar-refractivity contribution in [3.8, 4) is 0 Å². The monoisotopic (exact) mass is 512 g/mol. The highest BCUT2D eigenvalue weighted by Gasteiger charge is 2.25. The quantitative estimate of drug-likeness (QED) is 0.522. The molecule has 37 heavy (non-hydrogen) atoms. The molecule has 7 nitrogen and oxygen atoms in total. The largest absolute Gasteiger partial charge is 0.393 e. The van der Waals surface area contributed by atoms with Gasteiger partial charge in [-0.3, -0.25) is 9.36 Å². The number of benzene rings is 2. The lowest BCUT2D eigenvalue weighted by molar-refractivity contribution is 0.0828. The van der Waals surface area contributed by atoms with Crippen LogP contribution in [0.1, 0.15) is 61.5 Å². The van der Waals surface area contributed by atoms with Gasteiger partial charge in [-0.05, 0) is 51.2 Å². The van der Waals surface area contributed by atoms with E-state index in [9.17, 15) is 18.7 Å². The Labute approximate surface area is 215 Å². The fourth-order valence-electron chi connectivity index (χ4n) is 5.55. The summed E-state index contributed by atoms with van der Waals surface area (Å²) in [5.74, 6) is -0.955. The third-order valence-electron chi connectivity index (χ3n) is 7.66. The summed E-state index contributed by atoms with van der Waals surface area (Å²) in [5.41, 5.74) is 3.30. The number of rotatable bonds is 5. The van der Waals surface area contributed by atoms with Crippen LogP contribution < -0.4 is 15.8 Å². The molecule has 0 amide bonds. The number of piperidine rings is 1. The number of anilines is 2. The zero-order chi connectivity index (χ0) is 26.3. The smallest absolute Gasteiger partial charge is 0.261 e. The molecule has 2 fully saturated rings. The molecule has 2 aliphatic heterocycles. The molecule has 5 rings (SSSR count). The van der Waals surface area contributed by atoms with Gasteiger partial charge in [0.25, 0.3) is 5.56 Å². The summed E-state index contributed by atoms with van der Waals surface area (Å²) in [6.07, 6.45) is 2.37. The van der Waals surface area contributed by atoms with Gasteiger partial charge in [-0.15, -0.1) is 0 Å². The maximum Gasteiger partial charge on any atom is 0.261 e. The highest BCUT2D eigenvalue weighted by atomic mass is 19.2. The molecule has 0 unspecified atom stereocenters. The van der Waals surface area contributed by atoms with Crippen molar-refractivity contribution in [2.75, 3.05) is 36.5 Å². The number of aliphatic hydroxyl groups excluding tert-OH is 1. The minimum absolute atomic E-state index is 0.0935. The van der Waals surface area contributed by atoms with E-state index >= 15 is 0 Å². The number of fused-ring (bicyclic) bond motifs is 1. The van der Waals surface area contributed by atoms with Crippen molar-refractivity contribution in [3.05, 3.63) is 63.2 Å². The Balaban J connectivity index is 1.56. The second kappa shape index (κ2) is 10.4. The Morgan fingerprint density at radius 3 is 2.46 bits per heavy atom. The number of aliphatic hydroxyl groups is 1. The highest BCUT2D eigenvalue weighted by molar-refractivity contribution is 5.83. The molecule has 3 heterocycles. The van der Waals surface area contributed by atoms with Crippen molar-refractivity contribution < 1.29 is 18.6 Å². The zero-order valence-corrected chi connectivity index (χ0v) is 21.6. The molecule has 1 atom stereocenters. The lowest BCUT2D eigenvalue weighted by Crippen LogP contribution is -2.36. The molecule has 3 aromatic rings. The number of aromatic nitrogens is 2. The first-order chi connectivity index (χ1) is 17.7. The second-order valence-corrected chi connectivity index (χ2v) is 10.3. The fraction of sp³-hybridized carbons (Fsp3) is 0.500. The summed E-state index contributed by atoms with van der Waals surface area (Å²) in [6.45, 7) is 6.26. The van der Waals surface area contributed by atoms with Crippen molar-refractivity contribution in [2.24, 2.45) is 7.05 Å². The number of aryl methyl sites for hydroxylation is 1. The molecule has 9 heteroatoms. The Morgan fingerprint density at radius 1 is 1.08 bits per heavy atom. The van der Waals surface area contributed by atoms with Crippen molar-refractivity contribution in [1.82, 2.24) is 9.55 Å². The van der Waals surface area contributed by atoms with E-state index < -0.39 is 11.6 Å². The van der Waals surface area contributed by atoms with Gasteiger partial charge < -0.3 is 20.1 Å². The second-order valence-electron chi connectivity index (χ2n) is 10.3. The molecule has 2 N–H and O–H groups in total. The van der Waals surface area contributed by atoms with Gasteiger partial charge in [-0.25, -0.2) is 13.8 Å². The van der Waals surface area contributed by atoms with E-state index in [0.29, 0.717) is 61.4 Å².